The van der Waals surface area contributed by atoms with Gasteiger partial charge in [-0.1, -0.05) is 12.1 Å². The van der Waals surface area contributed by atoms with Gasteiger partial charge in [0.15, 0.2) is 0 Å². The molecular weight excluding hydrogens is 282 g/mol. The van der Waals surface area contributed by atoms with Gasteiger partial charge >= 0.3 is 0 Å². The summed E-state index contributed by atoms with van der Waals surface area (Å²) in [4.78, 5) is 0. The fraction of sp³-hybridized carbons (Fsp3) is 0.667. The molecule has 0 aromatic heterocycles. The molecule has 1 aromatic carbocycles. The first-order valence-electron chi connectivity index (χ1n) is 8.21. The van der Waals surface area contributed by atoms with Crippen LogP contribution < -0.4 is 22.9 Å². The van der Waals surface area contributed by atoms with Gasteiger partial charge in [0.1, 0.15) is 12.4 Å². The lowest BCUT2D eigenvalue weighted by Gasteiger charge is -2.57. The fourth-order valence-electron chi connectivity index (χ4n) is 5.55. The van der Waals surface area contributed by atoms with E-state index in [9.17, 15) is 0 Å². The molecule has 0 unspecified atom stereocenters. The third kappa shape index (κ3) is 2.68. The van der Waals surface area contributed by atoms with Crippen LogP contribution in [0, 0.1) is 17.8 Å². The van der Waals surface area contributed by atoms with E-state index >= 15 is 0 Å². The second-order valence-electron chi connectivity index (χ2n) is 7.36. The SMILES string of the molecule is NCCOc1ccc(C23CC4CC(CC(C4)C2)C3)cc1.[Cl-]. The first-order chi connectivity index (χ1) is 9.77. The van der Waals surface area contributed by atoms with Crippen LogP contribution in [0.25, 0.3) is 0 Å². The summed E-state index contributed by atoms with van der Waals surface area (Å²) < 4.78 is 5.60. The van der Waals surface area contributed by atoms with E-state index in [1.54, 1.807) is 5.56 Å². The first kappa shape index (κ1) is 15.2. The fourth-order valence-corrected chi connectivity index (χ4v) is 5.55. The van der Waals surface area contributed by atoms with Crippen LogP contribution in [-0.2, 0) is 5.41 Å². The zero-order valence-corrected chi connectivity index (χ0v) is 13.3. The lowest BCUT2D eigenvalue weighted by atomic mass is 9.48. The molecule has 4 saturated carbocycles. The molecule has 21 heavy (non-hydrogen) atoms. The van der Waals surface area contributed by atoms with E-state index in [0.717, 1.165) is 23.5 Å². The Balaban J connectivity index is 0.00000132. The van der Waals surface area contributed by atoms with Crippen LogP contribution in [0.1, 0.15) is 44.1 Å². The van der Waals surface area contributed by atoms with E-state index in [0.29, 0.717) is 18.6 Å². The molecule has 0 radical (unpaired) electrons. The lowest BCUT2D eigenvalue weighted by Crippen LogP contribution is -3.00. The largest absolute Gasteiger partial charge is 1.00 e. The Morgan fingerprint density at radius 1 is 0.952 bits per heavy atom. The first-order valence-corrected chi connectivity index (χ1v) is 8.21. The third-order valence-corrected chi connectivity index (χ3v) is 5.89. The molecule has 4 bridgehead atoms. The minimum absolute atomic E-state index is 0. The molecule has 3 heteroatoms. The molecule has 0 amide bonds. The Kier molecular flexibility index (Phi) is 4.20. The molecular formula is C18H25ClNO-. The van der Waals surface area contributed by atoms with Crippen LogP contribution >= 0.6 is 0 Å². The number of benzene rings is 1. The van der Waals surface area contributed by atoms with Gasteiger partial charge in [-0.25, -0.2) is 0 Å². The maximum absolute atomic E-state index is 5.60. The highest BCUT2D eigenvalue weighted by Crippen LogP contribution is 2.60. The average Bonchev–Trinajstić information content (AvgIpc) is 2.44. The maximum atomic E-state index is 5.60. The van der Waals surface area contributed by atoms with Crippen LogP contribution in [0.3, 0.4) is 0 Å². The minimum Gasteiger partial charge on any atom is -1.00 e. The highest BCUT2D eigenvalue weighted by atomic mass is 35.5. The van der Waals surface area contributed by atoms with Gasteiger partial charge in [0.25, 0.3) is 0 Å². The van der Waals surface area contributed by atoms with Gasteiger partial charge < -0.3 is 22.9 Å². The van der Waals surface area contributed by atoms with E-state index in [2.05, 4.69) is 24.3 Å². The average molecular weight is 307 g/mol. The molecule has 4 aliphatic rings. The molecule has 0 spiro atoms. The van der Waals surface area contributed by atoms with Gasteiger partial charge in [0.05, 0.1) is 0 Å². The second kappa shape index (κ2) is 5.81. The summed E-state index contributed by atoms with van der Waals surface area (Å²) in [6.07, 6.45) is 8.83. The monoisotopic (exact) mass is 306 g/mol. The summed E-state index contributed by atoms with van der Waals surface area (Å²) in [6.45, 7) is 1.19. The maximum Gasteiger partial charge on any atom is 0.119 e. The van der Waals surface area contributed by atoms with Gasteiger partial charge in [-0.2, -0.15) is 0 Å². The van der Waals surface area contributed by atoms with Gasteiger partial charge in [-0.05, 0) is 79.4 Å². The van der Waals surface area contributed by atoms with Crippen molar-refractivity contribution in [2.45, 2.75) is 43.9 Å². The molecule has 0 aliphatic heterocycles. The second-order valence-corrected chi connectivity index (χ2v) is 7.36. The van der Waals surface area contributed by atoms with E-state index in [4.69, 9.17) is 10.5 Å². The van der Waals surface area contributed by atoms with Crippen molar-refractivity contribution < 1.29 is 17.1 Å². The van der Waals surface area contributed by atoms with Gasteiger partial charge in [0, 0.05) is 6.54 Å². The van der Waals surface area contributed by atoms with E-state index in [1.807, 2.05) is 0 Å². The van der Waals surface area contributed by atoms with Gasteiger partial charge in [-0.3, -0.25) is 0 Å². The van der Waals surface area contributed by atoms with Crippen LogP contribution in [-0.4, -0.2) is 13.2 Å². The summed E-state index contributed by atoms with van der Waals surface area (Å²) in [5, 5.41) is 0. The summed E-state index contributed by atoms with van der Waals surface area (Å²) >= 11 is 0. The third-order valence-electron chi connectivity index (χ3n) is 5.89. The van der Waals surface area contributed by atoms with Crippen LogP contribution in [0.2, 0.25) is 0 Å². The van der Waals surface area contributed by atoms with Crippen LogP contribution in [0.15, 0.2) is 24.3 Å². The standard InChI is InChI=1S/C18H25NO.ClH/c19-5-6-20-17-3-1-16(2-4-17)18-10-13-7-14(11-18)9-15(8-13)12-18;/h1-4,13-15H,5-12,19H2;1H/p-1. The van der Waals surface area contributed by atoms with Crippen molar-refractivity contribution in [1.29, 1.82) is 0 Å². The Morgan fingerprint density at radius 3 is 1.95 bits per heavy atom. The van der Waals surface area contributed by atoms with Crippen molar-refractivity contribution in [2.75, 3.05) is 13.2 Å². The van der Waals surface area contributed by atoms with Crippen molar-refractivity contribution >= 4 is 0 Å². The van der Waals surface area contributed by atoms with Gasteiger partial charge in [-0.15, -0.1) is 0 Å². The Bertz CT molecular complexity index is 449. The Labute approximate surface area is 133 Å². The van der Waals surface area contributed by atoms with Gasteiger partial charge in [0.2, 0.25) is 0 Å². The Morgan fingerprint density at radius 2 is 1.48 bits per heavy atom. The molecule has 0 atom stereocenters. The molecule has 4 aliphatic carbocycles. The lowest BCUT2D eigenvalue weighted by molar-refractivity contribution is -0.00522. The quantitative estimate of drug-likeness (QED) is 0.879. The van der Waals surface area contributed by atoms with Crippen LogP contribution in [0.4, 0.5) is 0 Å². The van der Waals surface area contributed by atoms with Crippen molar-refractivity contribution in [3.05, 3.63) is 29.8 Å². The molecule has 0 saturated heterocycles. The molecule has 2 nitrogen and oxygen atoms in total. The topological polar surface area (TPSA) is 35.2 Å². The van der Waals surface area contributed by atoms with Crippen molar-refractivity contribution in [1.82, 2.24) is 0 Å². The minimum atomic E-state index is 0. The highest BCUT2D eigenvalue weighted by Gasteiger charge is 2.51. The number of halogens is 1. The van der Waals surface area contributed by atoms with Crippen molar-refractivity contribution in [2.24, 2.45) is 23.5 Å². The highest BCUT2D eigenvalue weighted by molar-refractivity contribution is 5.34. The Hall–Kier alpha value is -0.730. The number of nitrogens with two attached hydrogens (primary N) is 1. The molecule has 116 valence electrons. The number of hydrogen-bond donors (Lipinski definition) is 1. The van der Waals surface area contributed by atoms with Crippen molar-refractivity contribution in [3.63, 3.8) is 0 Å². The number of hydrogen-bond acceptors (Lipinski definition) is 2. The summed E-state index contributed by atoms with van der Waals surface area (Å²) in [6, 6.07) is 8.92. The number of rotatable bonds is 4. The molecule has 0 heterocycles. The van der Waals surface area contributed by atoms with E-state index in [1.165, 1.54) is 38.5 Å². The normalized spacial score (nSPS) is 36.3. The zero-order valence-electron chi connectivity index (χ0n) is 12.6. The zero-order chi connectivity index (χ0) is 13.6. The molecule has 2 N–H and O–H groups in total. The predicted molar refractivity (Wildman–Crippen MR) is 80.8 cm³/mol. The predicted octanol–water partition coefficient (Wildman–Crippen LogP) is 0.496. The molecule has 5 rings (SSSR count). The molecule has 4 fully saturated rings. The number of ether oxygens (including phenoxy) is 1. The van der Waals surface area contributed by atoms with E-state index < -0.39 is 0 Å². The summed E-state index contributed by atoms with van der Waals surface area (Å²) in [5.74, 6) is 3.99. The van der Waals surface area contributed by atoms with Crippen LogP contribution in [0.5, 0.6) is 5.75 Å². The molecule has 1 aromatic rings. The van der Waals surface area contributed by atoms with Crippen molar-refractivity contribution in [3.8, 4) is 5.75 Å². The van der Waals surface area contributed by atoms with E-state index in [-0.39, 0.29) is 12.4 Å². The summed E-state index contributed by atoms with van der Waals surface area (Å²) in [5.41, 5.74) is 7.55. The summed E-state index contributed by atoms with van der Waals surface area (Å²) in [7, 11) is 0. The smallest absolute Gasteiger partial charge is 0.119 e.